The molecule has 4 nitrogen and oxygen atoms in total. The third-order valence-corrected chi connectivity index (χ3v) is 4.40. The van der Waals surface area contributed by atoms with E-state index in [1.165, 1.54) is 12.1 Å². The van der Waals surface area contributed by atoms with Crippen molar-refractivity contribution in [2.45, 2.75) is 32.7 Å². The predicted molar refractivity (Wildman–Crippen MR) is 90.2 cm³/mol. The second-order valence-electron chi connectivity index (χ2n) is 6.39. The van der Waals surface area contributed by atoms with Gasteiger partial charge in [-0.15, -0.1) is 0 Å². The Morgan fingerprint density at radius 3 is 2.52 bits per heavy atom. The van der Waals surface area contributed by atoms with Crippen molar-refractivity contribution in [3.05, 3.63) is 52.7 Å². The van der Waals surface area contributed by atoms with Crippen LogP contribution in [0.1, 0.15) is 29.1 Å². The maximum Gasteiger partial charge on any atom is 0.148 e. The van der Waals surface area contributed by atoms with Gasteiger partial charge in [0.1, 0.15) is 11.6 Å². The Kier molecular flexibility index (Phi) is 4.57. The predicted octanol–water partition coefficient (Wildman–Crippen LogP) is 2.94. The quantitative estimate of drug-likeness (QED) is 0.942. The van der Waals surface area contributed by atoms with Crippen molar-refractivity contribution >= 4 is 5.82 Å². The van der Waals surface area contributed by atoms with Gasteiger partial charge in [0.15, 0.2) is 0 Å². The maximum atomic E-state index is 13.1. The summed E-state index contributed by atoms with van der Waals surface area (Å²) in [5, 5.41) is 3.55. The first-order valence-electron chi connectivity index (χ1n) is 8.05. The summed E-state index contributed by atoms with van der Waals surface area (Å²) in [5.41, 5.74) is 3.85. The van der Waals surface area contributed by atoms with Gasteiger partial charge in [-0.1, -0.05) is 12.1 Å². The fraction of sp³-hybridized carbons (Fsp3) is 0.444. The highest BCUT2D eigenvalue weighted by Crippen LogP contribution is 2.20. The molecule has 122 valence electrons. The Bertz CT molecular complexity index is 684. The third kappa shape index (κ3) is 3.85. The highest BCUT2D eigenvalue weighted by molar-refractivity contribution is 5.45. The molecule has 0 saturated carbocycles. The summed E-state index contributed by atoms with van der Waals surface area (Å²) in [7, 11) is 2.13. The van der Waals surface area contributed by atoms with E-state index in [0.29, 0.717) is 12.5 Å². The molecule has 1 N–H and O–H groups in total. The minimum Gasteiger partial charge on any atom is -0.364 e. The molecule has 0 amide bonds. The van der Waals surface area contributed by atoms with Crippen molar-refractivity contribution in [2.24, 2.45) is 0 Å². The van der Waals surface area contributed by atoms with Crippen molar-refractivity contribution in [1.29, 1.82) is 0 Å². The Balaban J connectivity index is 1.85. The number of nitrogens with one attached hydrogen (secondary N) is 1. The van der Waals surface area contributed by atoms with E-state index >= 15 is 0 Å². The summed E-state index contributed by atoms with van der Waals surface area (Å²) in [6, 6.07) is 6.99. The molecule has 0 bridgehead atoms. The van der Waals surface area contributed by atoms with Gasteiger partial charge < -0.3 is 10.2 Å². The van der Waals surface area contributed by atoms with E-state index in [1.807, 2.05) is 13.8 Å². The Morgan fingerprint density at radius 2 is 1.87 bits per heavy atom. The molecule has 1 aromatic carbocycles. The second-order valence-corrected chi connectivity index (χ2v) is 6.39. The number of aromatic nitrogens is 2. The van der Waals surface area contributed by atoms with E-state index in [1.54, 1.807) is 12.1 Å². The molecular formula is C18H23FN4. The van der Waals surface area contributed by atoms with Gasteiger partial charge in [0.25, 0.3) is 0 Å². The molecule has 0 aliphatic carbocycles. The van der Waals surface area contributed by atoms with Gasteiger partial charge >= 0.3 is 0 Å². The fourth-order valence-corrected chi connectivity index (χ4v) is 2.93. The lowest BCUT2D eigenvalue weighted by Gasteiger charge is -2.17. The van der Waals surface area contributed by atoms with Gasteiger partial charge in [0.2, 0.25) is 0 Å². The van der Waals surface area contributed by atoms with Gasteiger partial charge in [0.05, 0.1) is 17.1 Å². The Hall–Kier alpha value is -2.01. The highest BCUT2D eigenvalue weighted by Gasteiger charge is 2.21. The molecule has 1 aromatic heterocycles. The summed E-state index contributed by atoms with van der Waals surface area (Å²) < 4.78 is 13.1. The van der Waals surface area contributed by atoms with Gasteiger partial charge in [-0.05, 0) is 51.6 Å². The highest BCUT2D eigenvalue weighted by atomic mass is 19.1. The summed E-state index contributed by atoms with van der Waals surface area (Å²) in [5.74, 6) is 0.644. The zero-order valence-corrected chi connectivity index (χ0v) is 13.9. The molecule has 1 saturated heterocycles. The number of halogens is 1. The molecule has 23 heavy (non-hydrogen) atoms. The number of hydrogen-bond acceptors (Lipinski definition) is 4. The summed E-state index contributed by atoms with van der Waals surface area (Å²) >= 11 is 0. The number of likely N-dealkylation sites (tertiary alicyclic amines) is 1. The first kappa shape index (κ1) is 15.9. The van der Waals surface area contributed by atoms with E-state index in [2.05, 4.69) is 17.3 Å². The second kappa shape index (κ2) is 6.62. The van der Waals surface area contributed by atoms with Crippen LogP contribution in [0.15, 0.2) is 24.3 Å². The molecule has 0 radical (unpaired) electrons. The van der Waals surface area contributed by atoms with Crippen molar-refractivity contribution in [2.75, 3.05) is 25.5 Å². The zero-order chi connectivity index (χ0) is 16.4. The van der Waals surface area contributed by atoms with Crippen LogP contribution in [0.4, 0.5) is 10.2 Å². The minimum atomic E-state index is -0.215. The van der Waals surface area contributed by atoms with Crippen LogP contribution in [-0.2, 0) is 6.42 Å². The molecule has 1 aliphatic heterocycles. The average molecular weight is 314 g/mol. The van der Waals surface area contributed by atoms with Crippen LogP contribution in [0.2, 0.25) is 0 Å². The maximum absolute atomic E-state index is 13.1. The summed E-state index contributed by atoms with van der Waals surface area (Å²) in [6.45, 7) is 6.08. The first-order valence-corrected chi connectivity index (χ1v) is 8.05. The first-order chi connectivity index (χ1) is 11.0. The molecule has 2 heterocycles. The summed E-state index contributed by atoms with van der Waals surface area (Å²) in [6.07, 6.45) is 1.76. The van der Waals surface area contributed by atoms with E-state index in [9.17, 15) is 4.39 Å². The van der Waals surface area contributed by atoms with Crippen LogP contribution in [0.25, 0.3) is 0 Å². The number of benzene rings is 1. The van der Waals surface area contributed by atoms with Gasteiger partial charge in [-0.2, -0.15) is 0 Å². The largest absolute Gasteiger partial charge is 0.364 e. The van der Waals surface area contributed by atoms with Crippen molar-refractivity contribution in [1.82, 2.24) is 14.9 Å². The average Bonchev–Trinajstić information content (AvgIpc) is 2.92. The zero-order valence-electron chi connectivity index (χ0n) is 13.9. The Morgan fingerprint density at radius 1 is 1.17 bits per heavy atom. The van der Waals surface area contributed by atoms with Crippen LogP contribution in [0, 0.1) is 19.7 Å². The lowest BCUT2D eigenvalue weighted by atomic mass is 10.1. The van der Waals surface area contributed by atoms with Crippen LogP contribution in [0.5, 0.6) is 0 Å². The van der Waals surface area contributed by atoms with Crippen LogP contribution >= 0.6 is 0 Å². The normalized spacial score (nSPS) is 18.3. The molecule has 1 aliphatic rings. The smallest absolute Gasteiger partial charge is 0.148 e. The Labute approximate surface area is 136 Å². The van der Waals surface area contributed by atoms with E-state index < -0.39 is 0 Å². The van der Waals surface area contributed by atoms with Crippen molar-refractivity contribution in [3.8, 4) is 0 Å². The molecule has 3 rings (SSSR count). The molecule has 1 atom stereocenters. The lowest BCUT2D eigenvalue weighted by Crippen LogP contribution is -2.25. The van der Waals surface area contributed by atoms with Gasteiger partial charge in [-0.25, -0.2) is 9.37 Å². The number of nitrogens with zero attached hydrogens (tertiary/aromatic N) is 3. The molecule has 5 heteroatoms. The minimum absolute atomic E-state index is 0.215. The molecule has 1 fully saturated rings. The summed E-state index contributed by atoms with van der Waals surface area (Å²) in [4.78, 5) is 11.7. The molecule has 2 aromatic rings. The van der Waals surface area contributed by atoms with Crippen LogP contribution in [-0.4, -0.2) is 41.0 Å². The lowest BCUT2D eigenvalue weighted by molar-refractivity contribution is 0.414. The monoisotopic (exact) mass is 314 g/mol. The topological polar surface area (TPSA) is 41.1 Å². The van der Waals surface area contributed by atoms with E-state index in [0.717, 1.165) is 48.0 Å². The van der Waals surface area contributed by atoms with Crippen molar-refractivity contribution in [3.63, 3.8) is 0 Å². The van der Waals surface area contributed by atoms with E-state index in [-0.39, 0.29) is 5.82 Å². The third-order valence-electron chi connectivity index (χ3n) is 4.40. The van der Waals surface area contributed by atoms with Crippen LogP contribution < -0.4 is 5.32 Å². The van der Waals surface area contributed by atoms with Gasteiger partial charge in [-0.3, -0.25) is 4.98 Å². The SMILES string of the molecule is Cc1nc(Cc2ccc(F)cc2)c(N[C@@H]2CCN(C)C2)nc1C. The number of aryl methyl sites for hydroxylation is 2. The standard InChI is InChI=1S/C18H23FN4/c1-12-13(2)21-18(22-16-8-9-23(3)11-16)17(20-12)10-14-4-6-15(19)7-5-14/h4-7,16H,8-11H2,1-3H3,(H,21,22)/t16-/m1/s1. The number of anilines is 1. The van der Waals surface area contributed by atoms with E-state index in [4.69, 9.17) is 9.97 Å². The number of likely N-dealkylation sites (N-methyl/N-ethyl adjacent to an activating group) is 1. The van der Waals surface area contributed by atoms with Crippen molar-refractivity contribution < 1.29 is 4.39 Å². The van der Waals surface area contributed by atoms with Gasteiger partial charge in [0, 0.05) is 19.0 Å². The molecule has 0 unspecified atom stereocenters. The molecular weight excluding hydrogens is 291 g/mol. The fourth-order valence-electron chi connectivity index (χ4n) is 2.93. The molecule has 0 spiro atoms. The number of rotatable bonds is 4. The van der Waals surface area contributed by atoms with Crippen LogP contribution in [0.3, 0.4) is 0 Å². The number of hydrogen-bond donors (Lipinski definition) is 1.